The van der Waals surface area contributed by atoms with Crippen LogP contribution >= 0.6 is 0 Å². The van der Waals surface area contributed by atoms with Crippen LogP contribution in [-0.4, -0.2) is 29.4 Å². The second kappa shape index (κ2) is 7.07. The zero-order valence-electron chi connectivity index (χ0n) is 13.7. The second-order valence-corrected chi connectivity index (χ2v) is 5.97. The van der Waals surface area contributed by atoms with Crippen LogP contribution in [0.15, 0.2) is 30.6 Å². The molecule has 0 amide bonds. The Morgan fingerprint density at radius 1 is 1.23 bits per heavy atom. The van der Waals surface area contributed by atoms with E-state index in [2.05, 4.69) is 14.7 Å². The van der Waals surface area contributed by atoms with Crippen molar-refractivity contribution in [2.24, 2.45) is 0 Å². The summed E-state index contributed by atoms with van der Waals surface area (Å²) in [5.41, 5.74) is 6.89. The molecule has 0 saturated carbocycles. The molecule has 0 bridgehead atoms. The van der Waals surface area contributed by atoms with Crippen LogP contribution in [-0.2, 0) is 0 Å². The monoisotopic (exact) mass is 363 g/mol. The summed E-state index contributed by atoms with van der Waals surface area (Å²) in [6.45, 7) is 1.31. The van der Waals surface area contributed by atoms with Gasteiger partial charge in [0, 0.05) is 19.0 Å². The molecule has 3 rings (SSSR count). The van der Waals surface area contributed by atoms with Crippen LogP contribution in [0.25, 0.3) is 0 Å². The molecule has 1 atom stereocenters. The maximum Gasteiger partial charge on any atom is 0.573 e. The minimum absolute atomic E-state index is 0.103. The Balaban J connectivity index is 1.77. The fraction of sp³-hybridized carbons (Fsp3) is 0.353. The van der Waals surface area contributed by atoms with Gasteiger partial charge in [-0.25, -0.2) is 9.97 Å². The van der Waals surface area contributed by atoms with E-state index in [-0.39, 0.29) is 23.0 Å². The maximum atomic E-state index is 12.3. The topological polar surface area (TPSA) is 88.1 Å². The summed E-state index contributed by atoms with van der Waals surface area (Å²) in [6.07, 6.45) is -1.64. The fourth-order valence-electron chi connectivity index (χ4n) is 3.12. The van der Waals surface area contributed by atoms with Crippen molar-refractivity contribution in [3.63, 3.8) is 0 Å². The van der Waals surface area contributed by atoms with Gasteiger partial charge in [-0.05, 0) is 30.5 Å². The molecular formula is C17H16F3N5O. The summed E-state index contributed by atoms with van der Waals surface area (Å²) in [4.78, 5) is 9.98. The molecule has 1 unspecified atom stereocenters. The first-order chi connectivity index (χ1) is 12.4. The largest absolute Gasteiger partial charge is 0.573 e. The zero-order chi connectivity index (χ0) is 18.7. The van der Waals surface area contributed by atoms with Crippen LogP contribution < -0.4 is 15.4 Å². The third-order valence-corrected chi connectivity index (χ3v) is 4.27. The summed E-state index contributed by atoms with van der Waals surface area (Å²) in [7, 11) is 0. The van der Waals surface area contributed by atoms with Crippen molar-refractivity contribution in [3.8, 4) is 11.8 Å². The third-order valence-electron chi connectivity index (χ3n) is 4.27. The number of aromatic nitrogens is 2. The lowest BCUT2D eigenvalue weighted by atomic mass is 9.90. The average molecular weight is 363 g/mol. The first-order valence-electron chi connectivity index (χ1n) is 7.98. The molecule has 1 saturated heterocycles. The molecule has 1 aromatic heterocycles. The quantitative estimate of drug-likeness (QED) is 0.901. The van der Waals surface area contributed by atoms with Crippen LogP contribution in [0.3, 0.4) is 0 Å². The SMILES string of the molecule is N#Cc1c(N)ncnc1N1CCCC(c2ccc(OC(F)(F)F)cc2)C1. The molecule has 136 valence electrons. The first kappa shape index (κ1) is 17.8. The van der Waals surface area contributed by atoms with E-state index in [0.29, 0.717) is 12.4 Å². The number of nitrogens with zero attached hydrogens (tertiary/aromatic N) is 4. The number of ether oxygens (including phenoxy) is 1. The van der Waals surface area contributed by atoms with Crippen molar-refractivity contribution in [2.75, 3.05) is 23.7 Å². The number of nitrogens with two attached hydrogens (primary N) is 1. The van der Waals surface area contributed by atoms with E-state index in [1.807, 2.05) is 11.0 Å². The summed E-state index contributed by atoms with van der Waals surface area (Å²) >= 11 is 0. The minimum atomic E-state index is -4.70. The molecule has 0 radical (unpaired) electrons. The van der Waals surface area contributed by atoms with Crippen LogP contribution in [0, 0.1) is 11.3 Å². The lowest BCUT2D eigenvalue weighted by Gasteiger charge is -2.34. The van der Waals surface area contributed by atoms with Crippen molar-refractivity contribution in [1.29, 1.82) is 5.26 Å². The number of alkyl halides is 3. The van der Waals surface area contributed by atoms with Gasteiger partial charge in [0.1, 0.15) is 29.5 Å². The predicted molar refractivity (Wildman–Crippen MR) is 88.5 cm³/mol. The highest BCUT2D eigenvalue weighted by Crippen LogP contribution is 2.32. The Bertz CT molecular complexity index is 817. The van der Waals surface area contributed by atoms with Gasteiger partial charge >= 0.3 is 6.36 Å². The highest BCUT2D eigenvalue weighted by molar-refractivity contribution is 5.63. The van der Waals surface area contributed by atoms with E-state index in [0.717, 1.165) is 24.9 Å². The van der Waals surface area contributed by atoms with Crippen LogP contribution in [0.5, 0.6) is 5.75 Å². The first-order valence-corrected chi connectivity index (χ1v) is 7.98. The molecule has 0 spiro atoms. The van der Waals surface area contributed by atoms with Gasteiger partial charge in [0.2, 0.25) is 0 Å². The van der Waals surface area contributed by atoms with Gasteiger partial charge in [-0.2, -0.15) is 5.26 Å². The van der Waals surface area contributed by atoms with E-state index in [1.165, 1.54) is 18.5 Å². The number of halogens is 3. The van der Waals surface area contributed by atoms with Gasteiger partial charge in [-0.1, -0.05) is 12.1 Å². The molecule has 2 N–H and O–H groups in total. The Morgan fingerprint density at radius 2 is 1.96 bits per heavy atom. The minimum Gasteiger partial charge on any atom is -0.406 e. The highest BCUT2D eigenvalue weighted by Gasteiger charge is 2.31. The van der Waals surface area contributed by atoms with Crippen molar-refractivity contribution in [2.45, 2.75) is 25.1 Å². The van der Waals surface area contributed by atoms with Gasteiger partial charge in [-0.3, -0.25) is 0 Å². The summed E-state index contributed by atoms with van der Waals surface area (Å²) < 4.78 is 40.7. The van der Waals surface area contributed by atoms with Crippen molar-refractivity contribution in [1.82, 2.24) is 9.97 Å². The summed E-state index contributed by atoms with van der Waals surface area (Å²) in [5, 5.41) is 9.29. The molecular weight excluding hydrogens is 347 g/mol. The number of piperidine rings is 1. The third kappa shape index (κ3) is 3.96. The molecule has 2 aromatic rings. The van der Waals surface area contributed by atoms with Gasteiger partial charge in [0.15, 0.2) is 5.82 Å². The smallest absolute Gasteiger partial charge is 0.406 e. The normalized spacial score (nSPS) is 17.6. The second-order valence-electron chi connectivity index (χ2n) is 5.97. The lowest BCUT2D eigenvalue weighted by Crippen LogP contribution is -2.35. The number of hydrogen-bond donors (Lipinski definition) is 1. The zero-order valence-corrected chi connectivity index (χ0v) is 13.7. The number of rotatable bonds is 3. The molecule has 26 heavy (non-hydrogen) atoms. The number of benzene rings is 1. The van der Waals surface area contributed by atoms with Crippen LogP contribution in [0.4, 0.5) is 24.8 Å². The molecule has 1 aromatic carbocycles. The molecule has 0 aliphatic carbocycles. The van der Waals surface area contributed by atoms with E-state index in [4.69, 9.17) is 5.73 Å². The summed E-state index contributed by atoms with van der Waals surface area (Å²) in [6, 6.07) is 7.92. The molecule has 1 aliphatic heterocycles. The Hall–Kier alpha value is -3.02. The molecule has 2 heterocycles. The van der Waals surface area contributed by atoms with E-state index in [9.17, 15) is 18.4 Å². The standard InChI is InChI=1S/C17H16F3N5O/c18-17(19,20)26-13-5-3-11(4-6-13)12-2-1-7-25(9-12)16-14(8-21)15(22)23-10-24-16/h3-6,10,12H,1-2,7,9H2,(H2,22,23,24). The molecule has 6 nitrogen and oxygen atoms in total. The number of nitrogen functional groups attached to an aromatic ring is 1. The number of nitriles is 1. The van der Waals surface area contributed by atoms with Gasteiger partial charge in [0.05, 0.1) is 0 Å². The number of anilines is 2. The van der Waals surface area contributed by atoms with Crippen molar-refractivity contribution in [3.05, 3.63) is 41.7 Å². The Kier molecular flexibility index (Phi) is 4.84. The number of hydrogen-bond acceptors (Lipinski definition) is 6. The van der Waals surface area contributed by atoms with Crippen LogP contribution in [0.2, 0.25) is 0 Å². The highest BCUT2D eigenvalue weighted by atomic mass is 19.4. The van der Waals surface area contributed by atoms with Gasteiger partial charge in [0.25, 0.3) is 0 Å². The Labute approximate surface area is 148 Å². The predicted octanol–water partition coefficient (Wildman–Crippen LogP) is 3.21. The van der Waals surface area contributed by atoms with E-state index in [1.54, 1.807) is 12.1 Å². The van der Waals surface area contributed by atoms with E-state index >= 15 is 0 Å². The lowest BCUT2D eigenvalue weighted by molar-refractivity contribution is -0.274. The van der Waals surface area contributed by atoms with Gasteiger partial charge in [-0.15, -0.1) is 13.2 Å². The van der Waals surface area contributed by atoms with E-state index < -0.39 is 6.36 Å². The Morgan fingerprint density at radius 3 is 2.62 bits per heavy atom. The molecule has 9 heteroatoms. The maximum absolute atomic E-state index is 12.3. The fourth-order valence-corrected chi connectivity index (χ4v) is 3.12. The van der Waals surface area contributed by atoms with Crippen molar-refractivity contribution < 1.29 is 17.9 Å². The summed E-state index contributed by atoms with van der Waals surface area (Å²) in [5.74, 6) is 0.477. The van der Waals surface area contributed by atoms with Crippen LogP contribution in [0.1, 0.15) is 29.9 Å². The molecule has 1 fully saturated rings. The molecule has 1 aliphatic rings. The average Bonchev–Trinajstić information content (AvgIpc) is 2.61. The van der Waals surface area contributed by atoms with Gasteiger partial charge < -0.3 is 15.4 Å². The van der Waals surface area contributed by atoms with Crippen molar-refractivity contribution >= 4 is 11.6 Å².